The van der Waals surface area contributed by atoms with Crippen molar-refractivity contribution in [3.63, 3.8) is 0 Å². The molecule has 0 unspecified atom stereocenters. The second-order valence-corrected chi connectivity index (χ2v) is 7.38. The maximum absolute atomic E-state index is 9.98. The van der Waals surface area contributed by atoms with Gasteiger partial charge in [-0.2, -0.15) is 4.48 Å². The number of hydrogen-bond donors (Lipinski definition) is 0. The Morgan fingerprint density at radius 1 is 0.562 bits per heavy atom. The van der Waals surface area contributed by atoms with E-state index in [9.17, 15) is 9.90 Å². The highest BCUT2D eigenvalue weighted by Gasteiger charge is 2.38. The van der Waals surface area contributed by atoms with E-state index in [1.807, 2.05) is 0 Å². The maximum atomic E-state index is 9.98. The second kappa shape index (κ2) is 10.9. The third-order valence-corrected chi connectivity index (χ3v) is 4.98. The van der Waals surface area contributed by atoms with E-state index in [4.69, 9.17) is 0 Å². The Morgan fingerprint density at radius 2 is 0.812 bits per heavy atom. The van der Waals surface area contributed by atoms with Crippen LogP contribution in [-0.2, 0) is 4.79 Å². The Hall–Kier alpha value is -3.95. The molecule has 0 radical (unpaired) electrons. The van der Waals surface area contributed by atoms with Crippen molar-refractivity contribution in [3.8, 4) is 0 Å². The number of ketones is 1. The summed E-state index contributed by atoms with van der Waals surface area (Å²) in [6.45, 7) is 2.70. The fourth-order valence-electron chi connectivity index (χ4n) is 3.79. The molecule has 0 aromatic heterocycles. The Morgan fingerprint density at radius 3 is 0.969 bits per heavy atom. The molecular formula is C29H27NO2. The Balaban J connectivity index is 0.000000360. The van der Waals surface area contributed by atoms with E-state index in [0.29, 0.717) is 4.48 Å². The van der Waals surface area contributed by atoms with Gasteiger partial charge in [-0.3, -0.25) is 4.79 Å². The lowest BCUT2D eigenvalue weighted by molar-refractivity contribution is -0.301. The minimum absolute atomic E-state index is 0.187. The zero-order valence-corrected chi connectivity index (χ0v) is 18.4. The van der Waals surface area contributed by atoms with Gasteiger partial charge in [0.2, 0.25) is 0 Å². The minimum atomic E-state index is -0.187. The number of hydrogen-bond acceptors (Lipinski definition) is 2. The molecule has 3 nitrogen and oxygen atoms in total. The van der Waals surface area contributed by atoms with Gasteiger partial charge in [-0.25, -0.2) is 0 Å². The normalized spacial score (nSPS) is 11.2. The van der Waals surface area contributed by atoms with E-state index in [2.05, 4.69) is 121 Å². The van der Waals surface area contributed by atoms with Crippen LogP contribution in [0.15, 0.2) is 133 Å². The number of benzene rings is 4. The van der Waals surface area contributed by atoms with Crippen molar-refractivity contribution in [2.24, 2.45) is 0 Å². The van der Waals surface area contributed by atoms with Crippen LogP contribution >= 0.6 is 0 Å². The molecule has 0 saturated carbocycles. The van der Waals surface area contributed by atoms with E-state index >= 15 is 0 Å². The number of allylic oxidation sites excluding steroid dienone is 2. The average Bonchev–Trinajstić information content (AvgIpc) is 2.82. The van der Waals surface area contributed by atoms with Crippen LogP contribution in [0.25, 0.3) is 0 Å². The van der Waals surface area contributed by atoms with Crippen molar-refractivity contribution in [3.05, 3.63) is 133 Å². The highest BCUT2D eigenvalue weighted by Crippen LogP contribution is 2.50. The molecule has 0 fully saturated rings. The lowest BCUT2D eigenvalue weighted by Crippen LogP contribution is -2.33. The van der Waals surface area contributed by atoms with E-state index in [-0.39, 0.29) is 11.5 Å². The van der Waals surface area contributed by atoms with Crippen molar-refractivity contribution in [1.82, 2.24) is 4.48 Å². The summed E-state index contributed by atoms with van der Waals surface area (Å²) in [6.07, 6.45) is 1.06. The van der Waals surface area contributed by atoms with Gasteiger partial charge in [-0.1, -0.05) is 79.7 Å². The van der Waals surface area contributed by atoms with Crippen LogP contribution in [0.5, 0.6) is 0 Å². The van der Waals surface area contributed by atoms with E-state index < -0.39 is 0 Å². The SMILES string of the molecule is CC(=O)/C=C(/C)[O-].c1ccc([N+](c2ccccc2)(c2ccccc2)c2ccccc2)cc1. The topological polar surface area (TPSA) is 40.1 Å². The Kier molecular flexibility index (Phi) is 7.74. The van der Waals surface area contributed by atoms with E-state index in [0.717, 1.165) is 6.08 Å². The molecule has 0 spiro atoms. The zero-order chi connectivity index (χ0) is 22.8. The van der Waals surface area contributed by atoms with Crippen LogP contribution in [0, 0.1) is 0 Å². The molecule has 0 aliphatic carbocycles. The standard InChI is InChI=1S/C24H20N.C5H8O2/c1-5-13-21(14-6-1)25(22-15-7-2-8-16-22,23-17-9-3-10-18-23)24-19-11-4-12-20-24;1-4(6)3-5(2)7/h1-20H;3,6H,1-2H3/q+1;/p-1/b;4-3-. The summed E-state index contributed by atoms with van der Waals surface area (Å²) in [6, 6.07) is 42.8. The molecule has 4 aromatic carbocycles. The molecular weight excluding hydrogens is 394 g/mol. The fourth-order valence-corrected chi connectivity index (χ4v) is 3.79. The summed E-state index contributed by atoms with van der Waals surface area (Å²) in [5, 5.41) is 9.98. The molecule has 4 rings (SSSR count). The van der Waals surface area contributed by atoms with E-state index in [1.165, 1.54) is 36.6 Å². The van der Waals surface area contributed by atoms with Gasteiger partial charge in [0.15, 0.2) is 5.78 Å². The van der Waals surface area contributed by atoms with Crippen LogP contribution in [0.3, 0.4) is 0 Å². The fraction of sp³-hybridized carbons (Fsp3) is 0.0690. The van der Waals surface area contributed by atoms with Crippen molar-refractivity contribution >= 4 is 28.5 Å². The highest BCUT2D eigenvalue weighted by molar-refractivity contribution is 5.87. The molecule has 0 heterocycles. The smallest absolute Gasteiger partial charge is 0.151 e. The lowest BCUT2D eigenvalue weighted by atomic mass is 10.1. The number of carbonyl (C=O) groups excluding carboxylic acids is 1. The summed E-state index contributed by atoms with van der Waals surface area (Å²) in [4.78, 5) is 9.98. The Labute approximate surface area is 190 Å². The van der Waals surface area contributed by atoms with Crippen molar-refractivity contribution in [2.75, 3.05) is 0 Å². The van der Waals surface area contributed by atoms with Gasteiger partial charge in [-0.05, 0) is 13.0 Å². The molecule has 0 saturated heterocycles. The van der Waals surface area contributed by atoms with Crippen molar-refractivity contribution in [1.29, 1.82) is 0 Å². The number of rotatable bonds is 5. The van der Waals surface area contributed by atoms with Gasteiger partial charge < -0.3 is 5.11 Å². The van der Waals surface area contributed by atoms with Crippen molar-refractivity contribution in [2.45, 2.75) is 13.8 Å². The van der Waals surface area contributed by atoms with Crippen molar-refractivity contribution < 1.29 is 9.90 Å². The number of quaternary nitrogens is 1. The summed E-state index contributed by atoms with van der Waals surface area (Å²) in [7, 11) is 0. The van der Waals surface area contributed by atoms with Gasteiger partial charge >= 0.3 is 0 Å². The minimum Gasteiger partial charge on any atom is -0.876 e. The van der Waals surface area contributed by atoms with Gasteiger partial charge in [0, 0.05) is 48.5 Å². The van der Waals surface area contributed by atoms with Crippen LogP contribution in [0.1, 0.15) is 13.8 Å². The maximum Gasteiger partial charge on any atom is 0.151 e. The van der Waals surface area contributed by atoms with Gasteiger partial charge in [0.1, 0.15) is 22.7 Å². The van der Waals surface area contributed by atoms with Crippen LogP contribution in [-0.4, -0.2) is 5.78 Å². The molecule has 0 atom stereocenters. The molecule has 0 N–H and O–H groups in total. The molecule has 4 aromatic rings. The van der Waals surface area contributed by atoms with Crippen LogP contribution in [0.4, 0.5) is 22.7 Å². The molecule has 0 aliphatic rings. The van der Waals surface area contributed by atoms with Crippen LogP contribution in [0.2, 0.25) is 0 Å². The summed E-state index contributed by atoms with van der Waals surface area (Å²) in [5.41, 5.74) is 4.86. The predicted molar refractivity (Wildman–Crippen MR) is 131 cm³/mol. The van der Waals surface area contributed by atoms with Gasteiger partial charge in [0.05, 0.1) is 0 Å². The Bertz CT molecular complexity index is 971. The predicted octanol–water partition coefficient (Wildman–Crippen LogP) is 6.83. The summed E-state index contributed by atoms with van der Waals surface area (Å²) < 4.78 is 0.559. The first-order valence-corrected chi connectivity index (χ1v) is 10.5. The number of nitrogens with zero attached hydrogens (tertiary/aromatic N) is 1. The lowest BCUT2D eigenvalue weighted by Gasteiger charge is -2.37. The quantitative estimate of drug-likeness (QED) is 0.201. The third-order valence-electron chi connectivity index (χ3n) is 4.98. The first kappa shape index (κ1) is 22.7. The number of para-hydroxylation sites is 4. The molecule has 160 valence electrons. The molecule has 0 amide bonds. The first-order chi connectivity index (χ1) is 15.5. The molecule has 0 aliphatic heterocycles. The van der Waals surface area contributed by atoms with E-state index in [1.54, 1.807) is 0 Å². The third kappa shape index (κ3) is 5.20. The molecule has 3 heteroatoms. The first-order valence-electron chi connectivity index (χ1n) is 10.5. The van der Waals surface area contributed by atoms with Gasteiger partial charge in [0.25, 0.3) is 0 Å². The summed E-state index contributed by atoms with van der Waals surface area (Å²) in [5.74, 6) is -0.375. The number of carbonyl (C=O) groups is 1. The van der Waals surface area contributed by atoms with Crippen LogP contribution < -0.4 is 9.59 Å². The largest absolute Gasteiger partial charge is 0.876 e. The second-order valence-electron chi connectivity index (χ2n) is 7.38. The highest BCUT2D eigenvalue weighted by atomic mass is 16.3. The average molecular weight is 422 g/mol. The van der Waals surface area contributed by atoms with Gasteiger partial charge in [-0.15, -0.1) is 5.76 Å². The molecule has 0 bridgehead atoms. The summed E-state index contributed by atoms with van der Waals surface area (Å²) >= 11 is 0. The zero-order valence-electron chi connectivity index (χ0n) is 18.4. The monoisotopic (exact) mass is 421 g/mol. The molecule has 32 heavy (non-hydrogen) atoms.